The Morgan fingerprint density at radius 3 is 1.67 bits per heavy atom. The number of hydrogen-bond acceptors (Lipinski definition) is 1. The minimum absolute atomic E-state index is 0.0547. The van der Waals surface area contributed by atoms with Gasteiger partial charge in [0.1, 0.15) is 0 Å². The average Bonchev–Trinajstić information content (AvgIpc) is 2.26. The number of rotatable bonds is 0. The fourth-order valence-electron chi connectivity index (χ4n) is 1.62. The minimum Gasteiger partial charge on any atom is -0.288 e. The van der Waals surface area contributed by atoms with E-state index in [0.717, 1.165) is 9.15 Å². The van der Waals surface area contributed by atoms with E-state index in [1.165, 1.54) is 5.57 Å². The number of allylic oxidation sites excluding steroid dienone is 4. The van der Waals surface area contributed by atoms with Crippen molar-refractivity contribution in [2.45, 2.75) is 41.5 Å². The smallest absolute Gasteiger partial charge is 0.195 e. The minimum atomic E-state index is -0.0551. The topological polar surface area (TPSA) is 17.1 Å². The molecule has 1 nitrogen and oxygen atoms in total. The van der Waals surface area contributed by atoms with E-state index in [0.29, 0.717) is 0 Å². The SMILES string of the molecule is CC(C)(C)C1=CC(C(C)(C)C)=C(I)C1=O. The monoisotopic (exact) mass is 318 g/mol. The number of carbonyl (C=O) groups excluding carboxylic acids is 1. The van der Waals surface area contributed by atoms with Crippen molar-refractivity contribution in [1.29, 1.82) is 0 Å². The molecule has 0 amide bonds. The molecule has 0 atom stereocenters. The Balaban J connectivity index is 3.22. The van der Waals surface area contributed by atoms with Crippen molar-refractivity contribution in [3.8, 4) is 0 Å². The highest BCUT2D eigenvalue weighted by atomic mass is 127. The molecule has 84 valence electrons. The molecule has 0 aromatic rings. The lowest BCUT2D eigenvalue weighted by Crippen LogP contribution is -2.15. The molecule has 0 fully saturated rings. The molecule has 0 aromatic heterocycles. The van der Waals surface area contributed by atoms with Gasteiger partial charge in [0.25, 0.3) is 0 Å². The van der Waals surface area contributed by atoms with Crippen LogP contribution in [0.25, 0.3) is 0 Å². The average molecular weight is 318 g/mol. The standard InChI is InChI=1S/C13H19IO/c1-12(2,3)8-7-9(13(4,5)6)11(15)10(8)14/h7H,1-6H3. The van der Waals surface area contributed by atoms with E-state index < -0.39 is 0 Å². The van der Waals surface area contributed by atoms with Gasteiger partial charge in [-0.15, -0.1) is 0 Å². The maximum atomic E-state index is 12.1. The summed E-state index contributed by atoms with van der Waals surface area (Å²) in [5.74, 6) is 0.216. The molecule has 0 saturated carbocycles. The van der Waals surface area contributed by atoms with Gasteiger partial charge in [-0.2, -0.15) is 0 Å². The molecule has 0 N–H and O–H groups in total. The molecular weight excluding hydrogens is 299 g/mol. The summed E-state index contributed by atoms with van der Waals surface area (Å²) in [6.45, 7) is 12.7. The second kappa shape index (κ2) is 3.72. The van der Waals surface area contributed by atoms with Crippen molar-refractivity contribution in [1.82, 2.24) is 0 Å². The van der Waals surface area contributed by atoms with Crippen molar-refractivity contribution >= 4 is 28.4 Å². The first kappa shape index (κ1) is 12.9. The fraction of sp³-hybridized carbons (Fsp3) is 0.615. The maximum Gasteiger partial charge on any atom is 0.195 e. The lowest BCUT2D eigenvalue weighted by Gasteiger charge is -2.20. The van der Waals surface area contributed by atoms with Crippen LogP contribution in [0.15, 0.2) is 20.8 Å². The van der Waals surface area contributed by atoms with Crippen molar-refractivity contribution < 1.29 is 4.79 Å². The Bertz CT molecular complexity index is 359. The van der Waals surface area contributed by atoms with E-state index in [4.69, 9.17) is 0 Å². The van der Waals surface area contributed by atoms with Crippen LogP contribution in [0, 0.1) is 10.8 Å². The predicted octanol–water partition coefficient (Wildman–Crippen LogP) is 4.28. The number of hydrogen-bond donors (Lipinski definition) is 0. The zero-order chi connectivity index (χ0) is 12.0. The molecule has 1 rings (SSSR count). The third-order valence-corrected chi connectivity index (χ3v) is 3.66. The first-order valence-corrected chi connectivity index (χ1v) is 6.30. The van der Waals surface area contributed by atoms with Gasteiger partial charge in [-0.1, -0.05) is 41.5 Å². The van der Waals surface area contributed by atoms with Crippen LogP contribution >= 0.6 is 22.6 Å². The number of halogens is 1. The Morgan fingerprint density at radius 1 is 1.00 bits per heavy atom. The van der Waals surface area contributed by atoms with E-state index in [2.05, 4.69) is 70.2 Å². The Hall–Kier alpha value is -0.120. The maximum absolute atomic E-state index is 12.1. The highest BCUT2D eigenvalue weighted by Crippen LogP contribution is 2.43. The van der Waals surface area contributed by atoms with Crippen LogP contribution in [0.3, 0.4) is 0 Å². The number of carbonyl (C=O) groups is 1. The third-order valence-electron chi connectivity index (χ3n) is 2.59. The Labute approximate surface area is 106 Å². The van der Waals surface area contributed by atoms with E-state index in [1.807, 2.05) is 0 Å². The Kier molecular flexibility index (Phi) is 3.21. The van der Waals surface area contributed by atoms with Crippen LogP contribution in [0.1, 0.15) is 41.5 Å². The highest BCUT2D eigenvalue weighted by Gasteiger charge is 2.34. The first-order chi connectivity index (χ1) is 6.55. The van der Waals surface area contributed by atoms with Crippen LogP contribution in [0.4, 0.5) is 0 Å². The molecule has 0 radical (unpaired) electrons. The summed E-state index contributed by atoms with van der Waals surface area (Å²) >= 11 is 2.18. The first-order valence-electron chi connectivity index (χ1n) is 5.22. The summed E-state index contributed by atoms with van der Waals surface area (Å²) in [4.78, 5) is 12.1. The summed E-state index contributed by atoms with van der Waals surface area (Å²) in [6, 6.07) is 0. The molecule has 0 spiro atoms. The van der Waals surface area contributed by atoms with Gasteiger partial charge in [-0.05, 0) is 45.1 Å². The van der Waals surface area contributed by atoms with Crippen LogP contribution < -0.4 is 0 Å². The van der Waals surface area contributed by atoms with Crippen molar-refractivity contribution in [2.75, 3.05) is 0 Å². The molecule has 1 aliphatic carbocycles. The fourth-order valence-corrected chi connectivity index (χ4v) is 2.87. The molecule has 0 heterocycles. The van der Waals surface area contributed by atoms with Gasteiger partial charge in [0.15, 0.2) is 5.78 Å². The van der Waals surface area contributed by atoms with Gasteiger partial charge in [0.05, 0.1) is 3.58 Å². The largest absolute Gasteiger partial charge is 0.288 e. The van der Waals surface area contributed by atoms with E-state index in [-0.39, 0.29) is 16.6 Å². The van der Waals surface area contributed by atoms with Crippen LogP contribution in [0.2, 0.25) is 0 Å². The van der Waals surface area contributed by atoms with Crippen molar-refractivity contribution in [2.24, 2.45) is 10.8 Å². The van der Waals surface area contributed by atoms with Crippen LogP contribution in [-0.2, 0) is 4.79 Å². The van der Waals surface area contributed by atoms with Gasteiger partial charge >= 0.3 is 0 Å². The molecule has 15 heavy (non-hydrogen) atoms. The van der Waals surface area contributed by atoms with E-state index >= 15 is 0 Å². The quantitative estimate of drug-likeness (QED) is 0.609. The van der Waals surface area contributed by atoms with Gasteiger partial charge < -0.3 is 0 Å². The van der Waals surface area contributed by atoms with Crippen molar-refractivity contribution in [3.63, 3.8) is 0 Å². The van der Waals surface area contributed by atoms with Crippen LogP contribution in [0.5, 0.6) is 0 Å². The summed E-state index contributed by atoms with van der Waals surface area (Å²) in [6.07, 6.45) is 2.09. The zero-order valence-electron chi connectivity index (χ0n) is 10.4. The predicted molar refractivity (Wildman–Crippen MR) is 73.0 cm³/mol. The lowest BCUT2D eigenvalue weighted by molar-refractivity contribution is -0.112. The number of ketones is 1. The molecular formula is C13H19IO. The van der Waals surface area contributed by atoms with Crippen molar-refractivity contribution in [3.05, 3.63) is 20.8 Å². The highest BCUT2D eigenvalue weighted by molar-refractivity contribution is 14.1. The van der Waals surface area contributed by atoms with Gasteiger partial charge in [0.2, 0.25) is 0 Å². The number of Topliss-reactive ketones (excluding diaryl/α,β-unsaturated/α-hetero) is 1. The molecule has 0 saturated heterocycles. The summed E-state index contributed by atoms with van der Waals surface area (Å²) < 4.78 is 0.894. The van der Waals surface area contributed by atoms with Gasteiger partial charge in [0, 0.05) is 5.57 Å². The summed E-state index contributed by atoms with van der Waals surface area (Å²) in [5, 5.41) is 0. The zero-order valence-corrected chi connectivity index (χ0v) is 12.5. The lowest BCUT2D eigenvalue weighted by atomic mass is 9.83. The summed E-state index contributed by atoms with van der Waals surface area (Å²) in [5.41, 5.74) is 2.12. The summed E-state index contributed by atoms with van der Waals surface area (Å²) in [7, 11) is 0. The van der Waals surface area contributed by atoms with E-state index in [1.54, 1.807) is 0 Å². The molecule has 0 aromatic carbocycles. The second-order valence-corrected chi connectivity index (χ2v) is 7.19. The second-order valence-electron chi connectivity index (χ2n) is 6.11. The van der Waals surface area contributed by atoms with E-state index in [9.17, 15) is 4.79 Å². The molecule has 0 aliphatic heterocycles. The van der Waals surface area contributed by atoms with Crippen LogP contribution in [-0.4, -0.2) is 5.78 Å². The normalized spacial score (nSPS) is 18.6. The Morgan fingerprint density at radius 2 is 1.47 bits per heavy atom. The molecule has 0 unspecified atom stereocenters. The van der Waals surface area contributed by atoms with Gasteiger partial charge in [-0.25, -0.2) is 0 Å². The molecule has 0 bridgehead atoms. The van der Waals surface area contributed by atoms with Gasteiger partial charge in [-0.3, -0.25) is 4.79 Å². The third kappa shape index (κ3) is 2.52. The molecule has 1 aliphatic rings. The molecule has 2 heteroatoms.